The van der Waals surface area contributed by atoms with Crippen molar-refractivity contribution in [3.63, 3.8) is 0 Å². The summed E-state index contributed by atoms with van der Waals surface area (Å²) in [6.07, 6.45) is 8.25. The van der Waals surface area contributed by atoms with Crippen molar-refractivity contribution < 1.29 is 19.2 Å². The first-order valence-electron chi connectivity index (χ1n) is 17.9. The van der Waals surface area contributed by atoms with E-state index in [2.05, 4.69) is 24.3 Å². The minimum absolute atomic E-state index is 0.256. The Morgan fingerprint density at radius 2 is 0.500 bits per heavy atom. The van der Waals surface area contributed by atoms with Gasteiger partial charge < -0.3 is 0 Å². The van der Waals surface area contributed by atoms with Crippen LogP contribution in [0.3, 0.4) is 0 Å². The Kier molecular flexibility index (Phi) is 7.88. The quantitative estimate of drug-likeness (QED) is 0.134. The smallest absolute Gasteiger partial charge is 0.238 e. The molecule has 0 saturated carbocycles. The third-order valence-electron chi connectivity index (χ3n) is 11.5. The maximum absolute atomic E-state index is 14.8. The van der Waals surface area contributed by atoms with Crippen LogP contribution in [0.1, 0.15) is 45.9 Å². The second-order valence-electron chi connectivity index (χ2n) is 14.1. The van der Waals surface area contributed by atoms with Crippen molar-refractivity contribution in [3.8, 4) is 0 Å². The first-order valence-corrected chi connectivity index (χ1v) is 17.9. The molecule has 0 radical (unpaired) electrons. The van der Waals surface area contributed by atoms with E-state index in [1.54, 1.807) is 24.3 Å². The van der Waals surface area contributed by atoms with Gasteiger partial charge in [-0.2, -0.15) is 0 Å². The second kappa shape index (κ2) is 12.9. The van der Waals surface area contributed by atoms with E-state index in [1.165, 1.54) is 9.80 Å². The highest BCUT2D eigenvalue weighted by molar-refractivity contribution is 6.28. The number of fused-ring (bicyclic) bond motifs is 2. The van der Waals surface area contributed by atoms with Crippen molar-refractivity contribution in [1.29, 1.82) is 0 Å². The molecule has 6 heteroatoms. The van der Waals surface area contributed by atoms with E-state index in [1.807, 2.05) is 121 Å². The molecule has 5 aromatic rings. The van der Waals surface area contributed by atoms with Gasteiger partial charge in [0.25, 0.3) is 0 Å². The van der Waals surface area contributed by atoms with Gasteiger partial charge in [0, 0.05) is 23.7 Å². The zero-order valence-electron chi connectivity index (χ0n) is 28.3. The van der Waals surface area contributed by atoms with Crippen LogP contribution >= 0.6 is 0 Å². The van der Waals surface area contributed by atoms with Gasteiger partial charge in [-0.3, -0.25) is 19.2 Å². The number of hydrogen-bond acceptors (Lipinski definition) is 4. The van der Waals surface area contributed by atoms with Crippen molar-refractivity contribution >= 4 is 35.0 Å². The predicted octanol–water partition coefficient (Wildman–Crippen LogP) is 8.17. The number of allylic oxidation sites excluding steroid dienone is 4. The molecule has 0 aromatic heterocycles. The number of carbonyl (C=O) groups excluding carboxylic acids is 4. The molecule has 2 fully saturated rings. The van der Waals surface area contributed by atoms with Crippen molar-refractivity contribution in [3.05, 3.63) is 192 Å². The summed E-state index contributed by atoms with van der Waals surface area (Å²) in [4.78, 5) is 61.9. The van der Waals surface area contributed by atoms with Crippen LogP contribution in [0.15, 0.2) is 170 Å². The summed E-state index contributed by atoms with van der Waals surface area (Å²) in [5, 5.41) is 0. The molecule has 0 N–H and O–H groups in total. The molecule has 2 saturated heterocycles. The van der Waals surface area contributed by atoms with Crippen LogP contribution in [0, 0.1) is 23.7 Å². The molecule has 0 unspecified atom stereocenters. The zero-order chi connectivity index (χ0) is 35.3. The number of carbonyl (C=O) groups is 4. The Morgan fingerprint density at radius 1 is 0.288 bits per heavy atom. The third kappa shape index (κ3) is 5.01. The number of amides is 4. The van der Waals surface area contributed by atoms with E-state index in [4.69, 9.17) is 0 Å². The molecule has 5 aromatic carbocycles. The fourth-order valence-electron chi connectivity index (χ4n) is 9.19. The average molecular weight is 681 g/mol. The highest BCUT2D eigenvalue weighted by atomic mass is 16.2. The summed E-state index contributed by atoms with van der Waals surface area (Å²) >= 11 is 0. The Morgan fingerprint density at radius 3 is 0.731 bits per heavy atom. The molecule has 9 rings (SSSR count). The summed E-state index contributed by atoms with van der Waals surface area (Å²) in [7, 11) is 0. The molecule has 4 aliphatic rings. The molecule has 2 aliphatic heterocycles. The topological polar surface area (TPSA) is 74.8 Å². The molecule has 52 heavy (non-hydrogen) atoms. The highest BCUT2D eigenvalue weighted by Crippen LogP contribution is 2.54. The summed E-state index contributed by atoms with van der Waals surface area (Å²) in [5.74, 6) is -5.26. The average Bonchev–Trinajstić information content (AvgIpc) is 3.63. The molecule has 0 bridgehead atoms. The van der Waals surface area contributed by atoms with Crippen molar-refractivity contribution in [2.24, 2.45) is 23.7 Å². The van der Waals surface area contributed by atoms with Crippen molar-refractivity contribution in [2.45, 2.75) is 23.7 Å². The molecule has 0 spiro atoms. The van der Waals surface area contributed by atoms with Gasteiger partial charge in [0.2, 0.25) is 23.6 Å². The van der Waals surface area contributed by atoms with Gasteiger partial charge in [-0.15, -0.1) is 0 Å². The predicted molar refractivity (Wildman–Crippen MR) is 200 cm³/mol. The maximum atomic E-state index is 14.8. The van der Waals surface area contributed by atoms with E-state index < -0.39 is 23.7 Å². The fourth-order valence-corrected chi connectivity index (χ4v) is 9.19. The number of hydrogen-bond donors (Lipinski definition) is 0. The van der Waals surface area contributed by atoms with E-state index in [9.17, 15) is 19.2 Å². The lowest BCUT2D eigenvalue weighted by Gasteiger charge is -2.32. The van der Waals surface area contributed by atoms with Gasteiger partial charge in [0.1, 0.15) is 0 Å². The highest BCUT2D eigenvalue weighted by Gasteiger charge is 2.59. The Balaban J connectivity index is 1.15. The van der Waals surface area contributed by atoms with Gasteiger partial charge in [-0.25, -0.2) is 9.80 Å². The molecule has 4 amide bonds. The van der Waals surface area contributed by atoms with Crippen LogP contribution in [0.5, 0.6) is 0 Å². The number of rotatable bonds is 6. The lowest BCUT2D eigenvalue weighted by Crippen LogP contribution is -2.37. The van der Waals surface area contributed by atoms with Gasteiger partial charge in [-0.05, 0) is 34.4 Å². The molecule has 2 heterocycles. The lowest BCUT2D eigenvalue weighted by atomic mass is 9.68. The fraction of sp³-hybridized carbons (Fsp3) is 0.174. The number of para-hydroxylation sites is 2. The molecule has 6 nitrogen and oxygen atoms in total. The number of nitrogens with zero attached hydrogens (tertiary/aromatic N) is 2. The van der Waals surface area contributed by atoms with Gasteiger partial charge in [0.05, 0.1) is 35.0 Å². The van der Waals surface area contributed by atoms with E-state index in [0.29, 0.717) is 0 Å². The summed E-state index contributed by atoms with van der Waals surface area (Å²) in [6.45, 7) is 0. The number of imide groups is 2. The SMILES string of the molecule is O=C1[C@@H]2[C@H](C(=O)N1c1ccccc1N1C(=O)[C@@H]3[C@H](C1=O)[C@H](c1ccccc1)C=C[C@H]3c1ccccc1)[C@H](c1ccccc1)C=C[C@@H]2c1ccccc1. The standard InChI is InChI=1S/C46H36N2O4/c49-43-39-33(29-15-5-1-6-16-29)25-26-34(30-17-7-2-8-18-30)40(39)44(50)47(43)37-23-13-14-24-38(37)48-45(51)41-35(31-19-9-3-10-20-31)27-28-36(42(41)46(48)52)32-21-11-4-12-22-32/h1-28,33-36,39-42H/t33-,34-,35-,36+,39-,40+,41+,42-/m0/s1. The first kappa shape index (κ1) is 31.8. The monoisotopic (exact) mass is 680 g/mol. The molecule has 254 valence electrons. The van der Waals surface area contributed by atoms with Crippen LogP contribution in [0.4, 0.5) is 11.4 Å². The van der Waals surface area contributed by atoms with Crippen LogP contribution < -0.4 is 9.80 Å². The first-order chi connectivity index (χ1) is 25.5. The van der Waals surface area contributed by atoms with E-state index >= 15 is 0 Å². The van der Waals surface area contributed by atoms with Crippen LogP contribution in [0.2, 0.25) is 0 Å². The minimum atomic E-state index is -0.667. The number of anilines is 2. The van der Waals surface area contributed by atoms with Crippen molar-refractivity contribution in [1.82, 2.24) is 0 Å². The van der Waals surface area contributed by atoms with Crippen LogP contribution in [-0.2, 0) is 19.2 Å². The minimum Gasteiger partial charge on any atom is -0.274 e. The van der Waals surface area contributed by atoms with Crippen molar-refractivity contribution in [2.75, 3.05) is 9.80 Å². The third-order valence-corrected chi connectivity index (χ3v) is 11.5. The molecular weight excluding hydrogens is 645 g/mol. The summed E-state index contributed by atoms with van der Waals surface area (Å²) in [5.41, 5.74) is 4.33. The molecule has 8 atom stereocenters. The van der Waals surface area contributed by atoms with Crippen LogP contribution in [-0.4, -0.2) is 23.6 Å². The number of benzene rings is 5. The lowest BCUT2D eigenvalue weighted by molar-refractivity contribution is -0.124. The Labute approximate surface area is 302 Å². The van der Waals surface area contributed by atoms with Gasteiger partial charge in [0.15, 0.2) is 0 Å². The zero-order valence-corrected chi connectivity index (χ0v) is 28.3. The van der Waals surface area contributed by atoms with Crippen LogP contribution in [0.25, 0.3) is 0 Å². The largest absolute Gasteiger partial charge is 0.274 e. The van der Waals surface area contributed by atoms with E-state index in [0.717, 1.165) is 22.3 Å². The normalized spacial score (nSPS) is 27.9. The van der Waals surface area contributed by atoms with Gasteiger partial charge in [-0.1, -0.05) is 158 Å². The summed E-state index contributed by atoms with van der Waals surface area (Å²) < 4.78 is 0. The molecular formula is C46H36N2O4. The summed E-state index contributed by atoms with van der Waals surface area (Å²) in [6, 6.07) is 46.1. The Hall–Kier alpha value is -6.14. The Bertz CT molecular complexity index is 1940. The van der Waals surface area contributed by atoms with Gasteiger partial charge >= 0.3 is 0 Å². The maximum Gasteiger partial charge on any atom is 0.238 e. The van der Waals surface area contributed by atoms with E-state index in [-0.39, 0.29) is 58.7 Å². The second-order valence-corrected chi connectivity index (χ2v) is 14.1. The molecule has 2 aliphatic carbocycles.